The minimum atomic E-state index is -0.337. The molecule has 124 valence electrons. The Morgan fingerprint density at radius 3 is 2.67 bits per heavy atom. The van der Waals surface area contributed by atoms with E-state index in [0.717, 1.165) is 27.7 Å². The number of carbonyl (C=O) groups excluding carboxylic acids is 1. The molecule has 0 saturated carbocycles. The van der Waals surface area contributed by atoms with Gasteiger partial charge in [0.1, 0.15) is 5.82 Å². The maximum atomic E-state index is 13.3. The molecule has 0 bridgehead atoms. The van der Waals surface area contributed by atoms with E-state index in [2.05, 4.69) is 21.2 Å². The number of rotatable bonds is 3. The molecule has 1 aliphatic heterocycles. The van der Waals surface area contributed by atoms with Gasteiger partial charge in [0.2, 0.25) is 0 Å². The van der Waals surface area contributed by atoms with Crippen LogP contribution in [0.5, 0.6) is 0 Å². The number of esters is 1. The Balaban J connectivity index is 2.08. The molecule has 1 heterocycles. The smallest absolute Gasteiger partial charge is 0.336 e. The van der Waals surface area contributed by atoms with Crippen molar-refractivity contribution < 1.29 is 13.9 Å². The molecule has 0 unspecified atom stereocenters. The maximum Gasteiger partial charge on any atom is 0.336 e. The zero-order chi connectivity index (χ0) is 17.1. The first-order valence-electron chi connectivity index (χ1n) is 7.80. The Bertz CT molecular complexity index is 800. The molecule has 3 nitrogen and oxygen atoms in total. The van der Waals surface area contributed by atoms with E-state index in [4.69, 9.17) is 4.74 Å². The predicted octanol–water partition coefficient (Wildman–Crippen LogP) is 4.92. The first-order valence-corrected chi connectivity index (χ1v) is 8.59. The van der Waals surface area contributed by atoms with Crippen molar-refractivity contribution in [1.29, 1.82) is 0 Å². The molecule has 24 heavy (non-hydrogen) atoms. The minimum Gasteiger partial charge on any atom is -0.463 e. The predicted molar refractivity (Wildman–Crippen MR) is 96.0 cm³/mol. The highest BCUT2D eigenvalue weighted by Gasteiger charge is 2.22. The minimum absolute atomic E-state index is 0.310. The van der Waals surface area contributed by atoms with Gasteiger partial charge in [-0.15, -0.1) is 0 Å². The highest BCUT2D eigenvalue weighted by molar-refractivity contribution is 9.10. The van der Waals surface area contributed by atoms with Gasteiger partial charge in [0.15, 0.2) is 0 Å². The molecule has 0 amide bonds. The van der Waals surface area contributed by atoms with Crippen LogP contribution in [0.3, 0.4) is 0 Å². The lowest BCUT2D eigenvalue weighted by Crippen LogP contribution is -2.12. The van der Waals surface area contributed by atoms with Crippen LogP contribution in [0.2, 0.25) is 0 Å². The standard InChI is InChI=1S/C19H17BrFNO2/c1-2-24-19(23)16-9-5-13-11-14(20)6-10-17(13)22-18(16)12-3-7-15(21)8-4-12/h3-4,6-8,10-11,22H,2,5,9H2,1H3. The van der Waals surface area contributed by atoms with Crippen LogP contribution in [-0.2, 0) is 16.0 Å². The zero-order valence-corrected chi connectivity index (χ0v) is 14.8. The van der Waals surface area contributed by atoms with Crippen molar-refractivity contribution >= 4 is 33.3 Å². The summed E-state index contributed by atoms with van der Waals surface area (Å²) in [5.74, 6) is -0.647. The molecule has 0 aromatic heterocycles. The SMILES string of the molecule is CCOC(=O)C1=C(c2ccc(F)cc2)Nc2ccc(Br)cc2CC1. The fourth-order valence-corrected chi connectivity index (χ4v) is 3.18. The van der Waals surface area contributed by atoms with E-state index in [-0.39, 0.29) is 11.8 Å². The molecule has 1 aliphatic rings. The number of benzene rings is 2. The average Bonchev–Trinajstić information content (AvgIpc) is 2.75. The van der Waals surface area contributed by atoms with Crippen molar-refractivity contribution in [3.05, 3.63) is 69.5 Å². The number of carbonyl (C=O) groups is 1. The lowest BCUT2D eigenvalue weighted by Gasteiger charge is -2.15. The Kier molecular flexibility index (Phi) is 5.00. The highest BCUT2D eigenvalue weighted by Crippen LogP contribution is 2.33. The van der Waals surface area contributed by atoms with Gasteiger partial charge in [-0.1, -0.05) is 15.9 Å². The van der Waals surface area contributed by atoms with Gasteiger partial charge < -0.3 is 10.1 Å². The molecule has 5 heteroatoms. The summed E-state index contributed by atoms with van der Waals surface area (Å²) < 4.78 is 19.5. The van der Waals surface area contributed by atoms with Crippen LogP contribution in [0.25, 0.3) is 5.70 Å². The fraction of sp³-hybridized carbons (Fsp3) is 0.211. The van der Waals surface area contributed by atoms with Crippen LogP contribution in [0, 0.1) is 5.82 Å². The van der Waals surface area contributed by atoms with E-state index in [1.165, 1.54) is 12.1 Å². The van der Waals surface area contributed by atoms with Crippen LogP contribution in [0.1, 0.15) is 24.5 Å². The highest BCUT2D eigenvalue weighted by atomic mass is 79.9. The number of hydrogen-bond acceptors (Lipinski definition) is 3. The second-order valence-electron chi connectivity index (χ2n) is 5.51. The summed E-state index contributed by atoms with van der Waals surface area (Å²) in [5.41, 5.74) is 4.07. The third kappa shape index (κ3) is 3.51. The monoisotopic (exact) mass is 389 g/mol. The van der Waals surface area contributed by atoms with Gasteiger partial charge in [0.05, 0.1) is 17.9 Å². The van der Waals surface area contributed by atoms with Crippen molar-refractivity contribution in [1.82, 2.24) is 0 Å². The number of aryl methyl sites for hydroxylation is 1. The van der Waals surface area contributed by atoms with Crippen molar-refractivity contribution in [2.45, 2.75) is 19.8 Å². The summed E-state index contributed by atoms with van der Waals surface area (Å²) in [6.45, 7) is 2.10. The lowest BCUT2D eigenvalue weighted by atomic mass is 10.0. The Morgan fingerprint density at radius 1 is 1.21 bits per heavy atom. The molecule has 3 rings (SSSR count). The molecule has 1 N–H and O–H groups in total. The van der Waals surface area contributed by atoms with Gasteiger partial charge in [0, 0.05) is 10.2 Å². The van der Waals surface area contributed by atoms with Gasteiger partial charge in [-0.25, -0.2) is 9.18 Å². The molecule has 0 spiro atoms. The van der Waals surface area contributed by atoms with E-state index in [1.54, 1.807) is 19.1 Å². The number of anilines is 1. The molecule has 0 fully saturated rings. The molecular formula is C19H17BrFNO2. The first-order chi connectivity index (χ1) is 11.6. The number of fused-ring (bicyclic) bond motifs is 1. The van der Waals surface area contributed by atoms with Crippen LogP contribution in [-0.4, -0.2) is 12.6 Å². The van der Waals surface area contributed by atoms with Crippen molar-refractivity contribution in [3.8, 4) is 0 Å². The van der Waals surface area contributed by atoms with Gasteiger partial charge in [-0.2, -0.15) is 0 Å². The van der Waals surface area contributed by atoms with E-state index in [9.17, 15) is 9.18 Å². The topological polar surface area (TPSA) is 38.3 Å². The second kappa shape index (κ2) is 7.18. The Morgan fingerprint density at radius 2 is 1.96 bits per heavy atom. The second-order valence-corrected chi connectivity index (χ2v) is 6.42. The van der Waals surface area contributed by atoms with Gasteiger partial charge in [-0.05, 0) is 73.4 Å². The van der Waals surface area contributed by atoms with Gasteiger partial charge >= 0.3 is 5.97 Å². The molecule has 0 atom stereocenters. The molecule has 0 saturated heterocycles. The van der Waals surface area contributed by atoms with Crippen LogP contribution in [0.15, 0.2) is 52.5 Å². The summed E-state index contributed by atoms with van der Waals surface area (Å²) in [5, 5.41) is 3.35. The number of hydrogen-bond donors (Lipinski definition) is 1. The molecule has 0 radical (unpaired) electrons. The van der Waals surface area contributed by atoms with E-state index < -0.39 is 0 Å². The number of ether oxygens (including phenoxy) is 1. The average molecular weight is 390 g/mol. The van der Waals surface area contributed by atoms with Gasteiger partial charge in [-0.3, -0.25) is 0 Å². The quantitative estimate of drug-likeness (QED) is 0.756. The summed E-state index contributed by atoms with van der Waals surface area (Å²) in [6, 6.07) is 12.1. The summed E-state index contributed by atoms with van der Waals surface area (Å²) in [4.78, 5) is 12.4. The summed E-state index contributed by atoms with van der Waals surface area (Å²) in [7, 11) is 0. The maximum absolute atomic E-state index is 13.3. The third-order valence-corrected chi connectivity index (χ3v) is 4.42. The van der Waals surface area contributed by atoms with Gasteiger partial charge in [0.25, 0.3) is 0 Å². The van der Waals surface area contributed by atoms with Crippen molar-refractivity contribution in [2.24, 2.45) is 0 Å². The number of halogens is 2. The fourth-order valence-electron chi connectivity index (χ4n) is 2.77. The van der Waals surface area contributed by atoms with Crippen LogP contribution >= 0.6 is 15.9 Å². The largest absolute Gasteiger partial charge is 0.463 e. The summed E-state index contributed by atoms with van der Waals surface area (Å²) >= 11 is 3.48. The molecular weight excluding hydrogens is 373 g/mol. The van der Waals surface area contributed by atoms with E-state index in [0.29, 0.717) is 24.3 Å². The van der Waals surface area contributed by atoms with Crippen LogP contribution in [0.4, 0.5) is 10.1 Å². The third-order valence-electron chi connectivity index (χ3n) is 3.93. The summed E-state index contributed by atoms with van der Waals surface area (Å²) in [6.07, 6.45) is 1.28. The van der Waals surface area contributed by atoms with E-state index in [1.807, 2.05) is 18.2 Å². The molecule has 2 aromatic carbocycles. The Hall–Kier alpha value is -2.14. The van der Waals surface area contributed by atoms with Crippen molar-refractivity contribution in [3.63, 3.8) is 0 Å². The lowest BCUT2D eigenvalue weighted by molar-refractivity contribution is -0.138. The zero-order valence-electron chi connectivity index (χ0n) is 13.2. The number of nitrogens with one attached hydrogen (secondary N) is 1. The molecule has 0 aliphatic carbocycles. The first kappa shape index (κ1) is 16.7. The Labute approximate surface area is 148 Å². The van der Waals surface area contributed by atoms with Crippen LogP contribution < -0.4 is 5.32 Å². The molecule has 2 aromatic rings. The van der Waals surface area contributed by atoms with Crippen molar-refractivity contribution in [2.75, 3.05) is 11.9 Å². The van der Waals surface area contributed by atoms with E-state index >= 15 is 0 Å². The normalized spacial score (nSPS) is 13.8.